The van der Waals surface area contributed by atoms with Gasteiger partial charge in [-0.15, -0.1) is 0 Å². The van der Waals surface area contributed by atoms with Gasteiger partial charge in [0.15, 0.2) is 0 Å². The van der Waals surface area contributed by atoms with Gasteiger partial charge in [0.05, 0.1) is 16.1 Å². The number of nitrogens with zero attached hydrogens (tertiary/aromatic N) is 3. The molecule has 130 valence electrons. The van der Waals surface area contributed by atoms with Gasteiger partial charge in [0.1, 0.15) is 5.52 Å². The van der Waals surface area contributed by atoms with Gasteiger partial charge in [-0.2, -0.15) is 0 Å². The summed E-state index contributed by atoms with van der Waals surface area (Å²) in [6, 6.07) is 12.4. The van der Waals surface area contributed by atoms with E-state index in [-0.39, 0.29) is 4.90 Å². The Morgan fingerprint density at radius 2 is 1.96 bits per heavy atom. The minimum atomic E-state index is -3.66. The number of hydrogen-bond donors (Lipinski definition) is 1. The highest BCUT2D eigenvalue weighted by atomic mass is 32.2. The van der Waals surface area contributed by atoms with Crippen molar-refractivity contribution in [2.75, 3.05) is 24.5 Å². The number of piperazine rings is 1. The second kappa shape index (κ2) is 6.16. The lowest BCUT2D eigenvalue weighted by atomic mass is 10.2. The van der Waals surface area contributed by atoms with E-state index < -0.39 is 10.0 Å². The van der Waals surface area contributed by atoms with Crippen LogP contribution in [0, 0.1) is 0 Å². The van der Waals surface area contributed by atoms with Crippen molar-refractivity contribution in [2.45, 2.75) is 17.9 Å². The second-order valence-electron chi connectivity index (χ2n) is 6.30. The minimum absolute atomic E-state index is 0.274. The van der Waals surface area contributed by atoms with Crippen LogP contribution >= 0.6 is 0 Å². The van der Waals surface area contributed by atoms with Crippen LogP contribution in [0.5, 0.6) is 0 Å². The number of pyridine rings is 1. The first-order valence-electron chi connectivity index (χ1n) is 8.32. The topological polar surface area (TPSA) is 67.2 Å². The summed E-state index contributed by atoms with van der Waals surface area (Å²) in [4.78, 5) is 6.94. The molecule has 4 rings (SSSR count). The molecule has 7 heteroatoms. The maximum Gasteiger partial charge on any atom is 0.268 e. The van der Waals surface area contributed by atoms with Crippen molar-refractivity contribution in [3.63, 3.8) is 0 Å². The smallest absolute Gasteiger partial charge is 0.268 e. The highest BCUT2D eigenvalue weighted by Gasteiger charge is 2.25. The zero-order valence-corrected chi connectivity index (χ0v) is 14.8. The van der Waals surface area contributed by atoms with Crippen LogP contribution in [0.25, 0.3) is 11.0 Å². The van der Waals surface area contributed by atoms with Crippen LogP contribution in [0.1, 0.15) is 6.92 Å². The van der Waals surface area contributed by atoms with Crippen LogP contribution in [0.3, 0.4) is 0 Å². The Bertz CT molecular complexity index is 998. The van der Waals surface area contributed by atoms with Crippen LogP contribution in [-0.2, 0) is 10.0 Å². The molecule has 1 N–H and O–H groups in total. The van der Waals surface area contributed by atoms with Gasteiger partial charge < -0.3 is 10.2 Å². The van der Waals surface area contributed by atoms with E-state index in [2.05, 4.69) is 22.1 Å². The van der Waals surface area contributed by atoms with Crippen LogP contribution in [0.2, 0.25) is 0 Å². The Hall–Kier alpha value is -2.38. The average Bonchev–Trinajstić information content (AvgIpc) is 3.03. The summed E-state index contributed by atoms with van der Waals surface area (Å²) >= 11 is 0. The highest BCUT2D eigenvalue weighted by molar-refractivity contribution is 7.90. The molecule has 0 spiro atoms. The van der Waals surface area contributed by atoms with Crippen LogP contribution < -0.4 is 10.2 Å². The summed E-state index contributed by atoms with van der Waals surface area (Å²) in [5.74, 6) is 0. The van der Waals surface area contributed by atoms with Gasteiger partial charge >= 0.3 is 0 Å². The Balaban J connectivity index is 1.88. The maximum atomic E-state index is 13.1. The van der Waals surface area contributed by atoms with Gasteiger partial charge in [0, 0.05) is 38.1 Å². The van der Waals surface area contributed by atoms with Crippen molar-refractivity contribution in [3.8, 4) is 0 Å². The van der Waals surface area contributed by atoms with Crippen molar-refractivity contribution >= 4 is 26.7 Å². The second-order valence-corrected chi connectivity index (χ2v) is 8.12. The highest BCUT2D eigenvalue weighted by Crippen LogP contribution is 2.31. The number of hydrogen-bond acceptors (Lipinski definition) is 5. The number of rotatable bonds is 3. The Kier molecular flexibility index (Phi) is 3.97. The zero-order valence-electron chi connectivity index (χ0n) is 14.0. The van der Waals surface area contributed by atoms with Gasteiger partial charge in [-0.05, 0) is 31.2 Å². The maximum absolute atomic E-state index is 13.1. The first-order chi connectivity index (χ1) is 12.1. The largest absolute Gasteiger partial charge is 0.366 e. The molecule has 0 bridgehead atoms. The van der Waals surface area contributed by atoms with Crippen molar-refractivity contribution in [2.24, 2.45) is 0 Å². The van der Waals surface area contributed by atoms with E-state index in [1.807, 2.05) is 6.07 Å². The number of fused-ring (bicyclic) bond motifs is 1. The summed E-state index contributed by atoms with van der Waals surface area (Å²) in [6.45, 7) is 4.64. The van der Waals surface area contributed by atoms with Crippen molar-refractivity contribution in [1.82, 2.24) is 14.3 Å². The predicted octanol–water partition coefficient (Wildman–Crippen LogP) is 2.07. The van der Waals surface area contributed by atoms with E-state index in [4.69, 9.17) is 0 Å². The van der Waals surface area contributed by atoms with Gasteiger partial charge in [-0.25, -0.2) is 12.4 Å². The summed E-state index contributed by atoms with van der Waals surface area (Å²) in [5, 5.41) is 3.41. The molecular formula is C18H20N4O2S. The average molecular weight is 356 g/mol. The molecule has 0 amide bonds. The van der Waals surface area contributed by atoms with E-state index in [0.29, 0.717) is 11.6 Å². The van der Waals surface area contributed by atoms with Gasteiger partial charge in [-0.1, -0.05) is 18.2 Å². The van der Waals surface area contributed by atoms with Gasteiger partial charge in [-0.3, -0.25) is 4.98 Å². The van der Waals surface area contributed by atoms with E-state index in [1.54, 1.807) is 48.8 Å². The molecule has 1 aliphatic heterocycles. The quantitative estimate of drug-likeness (QED) is 0.778. The fraction of sp³-hybridized carbons (Fsp3) is 0.278. The summed E-state index contributed by atoms with van der Waals surface area (Å²) in [5.41, 5.74) is 2.19. The van der Waals surface area contributed by atoms with Gasteiger partial charge in [0.2, 0.25) is 0 Å². The van der Waals surface area contributed by atoms with Crippen LogP contribution in [-0.4, -0.2) is 43.1 Å². The first-order valence-corrected chi connectivity index (χ1v) is 9.76. The Morgan fingerprint density at radius 3 is 2.72 bits per heavy atom. The minimum Gasteiger partial charge on any atom is -0.366 e. The molecule has 1 aliphatic rings. The summed E-state index contributed by atoms with van der Waals surface area (Å²) < 4.78 is 27.6. The molecule has 0 radical (unpaired) electrons. The van der Waals surface area contributed by atoms with Crippen LogP contribution in [0.15, 0.2) is 59.8 Å². The molecule has 3 heterocycles. The van der Waals surface area contributed by atoms with Crippen molar-refractivity contribution < 1.29 is 8.42 Å². The normalized spacial score (nSPS) is 18.6. The third kappa shape index (κ3) is 2.79. The van der Waals surface area contributed by atoms with E-state index in [1.165, 1.54) is 3.97 Å². The fourth-order valence-corrected chi connectivity index (χ4v) is 4.67. The zero-order chi connectivity index (χ0) is 17.4. The molecule has 2 aromatic heterocycles. The number of nitrogens with one attached hydrogen (secondary N) is 1. The van der Waals surface area contributed by atoms with Crippen LogP contribution in [0.4, 0.5) is 5.69 Å². The summed E-state index contributed by atoms with van der Waals surface area (Å²) in [6.07, 6.45) is 3.41. The molecular weight excluding hydrogens is 336 g/mol. The van der Waals surface area contributed by atoms with Crippen molar-refractivity contribution in [1.29, 1.82) is 0 Å². The lowest BCUT2D eigenvalue weighted by molar-refractivity contribution is 0.485. The monoisotopic (exact) mass is 356 g/mol. The lowest BCUT2D eigenvalue weighted by Crippen LogP contribution is -2.49. The molecule has 1 fully saturated rings. The SMILES string of the molecule is C[C@H]1CN(c2cn(S(=O)(=O)c3ccccc3)c3cccnc23)CCN1. The molecule has 0 saturated carbocycles. The fourth-order valence-electron chi connectivity index (χ4n) is 3.30. The lowest BCUT2D eigenvalue weighted by Gasteiger charge is -2.32. The molecule has 3 aromatic rings. The third-order valence-electron chi connectivity index (χ3n) is 4.52. The number of anilines is 1. The van der Waals surface area contributed by atoms with E-state index in [9.17, 15) is 8.42 Å². The molecule has 6 nitrogen and oxygen atoms in total. The van der Waals surface area contributed by atoms with E-state index >= 15 is 0 Å². The predicted molar refractivity (Wildman–Crippen MR) is 98.4 cm³/mol. The molecule has 0 unspecified atom stereocenters. The Labute approximate surface area is 147 Å². The van der Waals surface area contributed by atoms with E-state index in [0.717, 1.165) is 30.8 Å². The van der Waals surface area contributed by atoms with Crippen molar-refractivity contribution in [3.05, 3.63) is 54.9 Å². The number of aromatic nitrogens is 2. The molecule has 1 saturated heterocycles. The van der Waals surface area contributed by atoms with Gasteiger partial charge in [0.25, 0.3) is 10.0 Å². The third-order valence-corrected chi connectivity index (χ3v) is 6.20. The molecule has 25 heavy (non-hydrogen) atoms. The standard InChI is InChI=1S/C18H20N4O2S/c1-14-12-21(11-10-19-14)17-13-22(16-8-5-9-20-18(16)17)25(23,24)15-6-3-2-4-7-15/h2-9,13-14,19H,10-12H2,1H3/t14-/m0/s1. The molecule has 1 aromatic carbocycles. The molecule has 0 aliphatic carbocycles. The molecule has 1 atom stereocenters. The first kappa shape index (κ1) is 16.1. The number of benzene rings is 1. The Morgan fingerprint density at radius 1 is 1.16 bits per heavy atom. The summed E-state index contributed by atoms with van der Waals surface area (Å²) in [7, 11) is -3.66.